The highest BCUT2D eigenvalue weighted by molar-refractivity contribution is 7.99. The molecule has 4 nitrogen and oxygen atoms in total. The van der Waals surface area contributed by atoms with Gasteiger partial charge in [0, 0.05) is 17.0 Å². The van der Waals surface area contributed by atoms with E-state index in [1.54, 1.807) is 30.8 Å². The quantitative estimate of drug-likeness (QED) is 0.316. The predicted octanol–water partition coefficient (Wildman–Crippen LogP) is 6.53. The molecule has 3 rings (SSSR count). The molecule has 0 N–H and O–H groups in total. The molecule has 0 fully saturated rings. The van der Waals surface area contributed by atoms with Gasteiger partial charge in [0.2, 0.25) is 0 Å². The van der Waals surface area contributed by atoms with E-state index in [0.717, 1.165) is 22.8 Å². The Morgan fingerprint density at radius 1 is 1.16 bits per heavy atom. The van der Waals surface area contributed by atoms with E-state index >= 15 is 0 Å². The number of nitrogens with zero attached hydrogens (tertiary/aromatic N) is 1. The van der Waals surface area contributed by atoms with Crippen LogP contribution in [0.3, 0.4) is 0 Å². The van der Waals surface area contributed by atoms with Crippen molar-refractivity contribution in [3.8, 4) is 17.0 Å². The SMILES string of the molecule is CCOc1cc2nc(-c3cccc(C(F)(F)F)c3)c(C)c(C(=O)OC)c2cc1SCC. The summed E-state index contributed by atoms with van der Waals surface area (Å²) in [6.45, 7) is 5.98. The van der Waals surface area contributed by atoms with Gasteiger partial charge in [-0.05, 0) is 43.4 Å². The number of esters is 1. The molecule has 0 spiro atoms. The summed E-state index contributed by atoms with van der Waals surface area (Å²) in [4.78, 5) is 18.2. The average Bonchev–Trinajstić information content (AvgIpc) is 2.73. The Labute approximate surface area is 182 Å². The van der Waals surface area contributed by atoms with Crippen molar-refractivity contribution in [2.45, 2.75) is 31.8 Å². The molecule has 1 aromatic heterocycles. The minimum absolute atomic E-state index is 0.268. The number of methoxy groups -OCH3 is 1. The maximum atomic E-state index is 13.2. The van der Waals surface area contributed by atoms with Crippen molar-refractivity contribution in [3.05, 3.63) is 53.1 Å². The molecule has 31 heavy (non-hydrogen) atoms. The van der Waals surface area contributed by atoms with Gasteiger partial charge in [0.05, 0.1) is 40.9 Å². The topological polar surface area (TPSA) is 48.4 Å². The van der Waals surface area contributed by atoms with Gasteiger partial charge >= 0.3 is 12.1 Å². The number of rotatable bonds is 6. The van der Waals surface area contributed by atoms with E-state index < -0.39 is 17.7 Å². The van der Waals surface area contributed by atoms with Gasteiger partial charge in [-0.15, -0.1) is 11.8 Å². The van der Waals surface area contributed by atoms with E-state index in [9.17, 15) is 18.0 Å². The normalized spacial score (nSPS) is 11.6. The number of halogens is 3. The second-order valence-corrected chi connectivity index (χ2v) is 8.02. The fraction of sp³-hybridized carbons (Fsp3) is 0.304. The molecule has 0 radical (unpaired) electrons. The number of aromatic nitrogens is 1. The Morgan fingerprint density at radius 2 is 1.90 bits per heavy atom. The van der Waals surface area contributed by atoms with Crippen LogP contribution >= 0.6 is 11.8 Å². The lowest BCUT2D eigenvalue weighted by molar-refractivity contribution is -0.137. The Balaban J connectivity index is 2.35. The van der Waals surface area contributed by atoms with Crippen LogP contribution in [-0.2, 0) is 10.9 Å². The molecular formula is C23H22F3NO3S. The lowest BCUT2D eigenvalue weighted by atomic mass is 9.96. The minimum Gasteiger partial charge on any atom is -0.493 e. The van der Waals surface area contributed by atoms with E-state index in [-0.39, 0.29) is 16.8 Å². The first-order chi connectivity index (χ1) is 14.7. The van der Waals surface area contributed by atoms with Crippen molar-refractivity contribution in [2.24, 2.45) is 0 Å². The maximum Gasteiger partial charge on any atom is 0.416 e. The summed E-state index contributed by atoms with van der Waals surface area (Å²) in [6.07, 6.45) is -4.49. The zero-order valence-corrected chi connectivity index (χ0v) is 18.4. The Bertz CT molecular complexity index is 1130. The van der Waals surface area contributed by atoms with Gasteiger partial charge in [-0.2, -0.15) is 13.2 Å². The second-order valence-electron chi connectivity index (χ2n) is 6.71. The van der Waals surface area contributed by atoms with Crippen molar-refractivity contribution in [1.29, 1.82) is 0 Å². The predicted molar refractivity (Wildman–Crippen MR) is 116 cm³/mol. The highest BCUT2D eigenvalue weighted by Gasteiger charge is 2.31. The van der Waals surface area contributed by atoms with Gasteiger partial charge in [-0.25, -0.2) is 9.78 Å². The molecule has 1 heterocycles. The minimum atomic E-state index is -4.49. The molecule has 0 amide bonds. The summed E-state index contributed by atoms with van der Waals surface area (Å²) < 4.78 is 50.4. The smallest absolute Gasteiger partial charge is 0.416 e. The largest absolute Gasteiger partial charge is 0.493 e. The second kappa shape index (κ2) is 9.18. The first-order valence-electron chi connectivity index (χ1n) is 9.71. The van der Waals surface area contributed by atoms with Gasteiger partial charge in [-0.1, -0.05) is 19.1 Å². The lowest BCUT2D eigenvalue weighted by Crippen LogP contribution is -2.09. The third kappa shape index (κ3) is 4.63. The monoisotopic (exact) mass is 449 g/mol. The first-order valence-corrected chi connectivity index (χ1v) is 10.7. The third-order valence-electron chi connectivity index (χ3n) is 4.75. The van der Waals surface area contributed by atoms with Gasteiger partial charge in [0.25, 0.3) is 0 Å². The van der Waals surface area contributed by atoms with E-state index in [1.807, 2.05) is 19.9 Å². The Morgan fingerprint density at radius 3 is 2.52 bits per heavy atom. The Hall–Kier alpha value is -2.74. The van der Waals surface area contributed by atoms with E-state index in [1.165, 1.54) is 13.2 Å². The van der Waals surface area contributed by atoms with Crippen molar-refractivity contribution < 1.29 is 27.4 Å². The maximum absolute atomic E-state index is 13.2. The van der Waals surface area contributed by atoms with Crippen LogP contribution in [0.5, 0.6) is 5.75 Å². The molecule has 0 bridgehead atoms. The van der Waals surface area contributed by atoms with Crippen molar-refractivity contribution >= 4 is 28.6 Å². The highest BCUT2D eigenvalue weighted by atomic mass is 32.2. The van der Waals surface area contributed by atoms with Crippen LogP contribution in [-0.4, -0.2) is 30.4 Å². The average molecular weight is 449 g/mol. The first kappa shape index (κ1) is 22.9. The number of carbonyl (C=O) groups excluding carboxylic acids is 1. The molecule has 2 aromatic carbocycles. The molecule has 0 saturated heterocycles. The number of carbonyl (C=O) groups is 1. The van der Waals surface area contributed by atoms with Crippen LogP contribution in [0.2, 0.25) is 0 Å². The zero-order chi connectivity index (χ0) is 22.8. The van der Waals surface area contributed by atoms with Crippen LogP contribution in [0.15, 0.2) is 41.3 Å². The number of fused-ring (bicyclic) bond motifs is 1. The number of alkyl halides is 3. The number of pyridine rings is 1. The number of ether oxygens (including phenoxy) is 2. The molecule has 8 heteroatoms. The molecule has 0 saturated carbocycles. The van der Waals surface area contributed by atoms with Gasteiger partial charge in [-0.3, -0.25) is 0 Å². The molecule has 0 aliphatic heterocycles. The van der Waals surface area contributed by atoms with Gasteiger partial charge < -0.3 is 9.47 Å². The third-order valence-corrected chi connectivity index (χ3v) is 5.67. The molecule has 0 aliphatic rings. The summed E-state index contributed by atoms with van der Waals surface area (Å²) >= 11 is 1.57. The van der Waals surface area contributed by atoms with Crippen molar-refractivity contribution in [3.63, 3.8) is 0 Å². The van der Waals surface area contributed by atoms with E-state index in [2.05, 4.69) is 4.98 Å². The van der Waals surface area contributed by atoms with E-state index in [0.29, 0.717) is 28.8 Å². The summed E-state index contributed by atoms with van der Waals surface area (Å²) in [7, 11) is 1.27. The van der Waals surface area contributed by atoms with Crippen LogP contribution in [0.1, 0.15) is 35.3 Å². The van der Waals surface area contributed by atoms with E-state index in [4.69, 9.17) is 9.47 Å². The zero-order valence-electron chi connectivity index (χ0n) is 17.6. The van der Waals surface area contributed by atoms with Crippen LogP contribution in [0.25, 0.3) is 22.2 Å². The Kier molecular flexibility index (Phi) is 6.79. The number of hydrogen-bond acceptors (Lipinski definition) is 5. The van der Waals surface area contributed by atoms with Gasteiger partial charge in [0.15, 0.2) is 0 Å². The lowest BCUT2D eigenvalue weighted by Gasteiger charge is -2.17. The summed E-state index contributed by atoms with van der Waals surface area (Å²) in [5.41, 5.74) is 0.954. The molecule has 0 aliphatic carbocycles. The standard InChI is InChI=1S/C23H22F3NO3S/c1-5-30-18-12-17-16(11-19(18)31-6-2)20(22(28)29-4)13(3)21(27-17)14-8-7-9-15(10-14)23(24,25)26/h7-12H,5-6H2,1-4H3. The fourth-order valence-electron chi connectivity index (χ4n) is 3.39. The summed E-state index contributed by atoms with van der Waals surface area (Å²) in [5.74, 6) is 0.840. The fourth-order valence-corrected chi connectivity index (χ4v) is 4.16. The van der Waals surface area contributed by atoms with Crippen LogP contribution in [0, 0.1) is 6.92 Å². The van der Waals surface area contributed by atoms with Crippen molar-refractivity contribution in [1.82, 2.24) is 4.98 Å². The highest BCUT2D eigenvalue weighted by Crippen LogP contribution is 2.39. The number of hydrogen-bond donors (Lipinski definition) is 0. The number of benzene rings is 2. The summed E-state index contributed by atoms with van der Waals surface area (Å²) in [6, 6.07) is 8.46. The molecule has 3 aromatic rings. The molecule has 0 atom stereocenters. The van der Waals surface area contributed by atoms with Gasteiger partial charge in [0.1, 0.15) is 5.75 Å². The van der Waals surface area contributed by atoms with Crippen LogP contribution in [0.4, 0.5) is 13.2 Å². The van der Waals surface area contributed by atoms with Crippen molar-refractivity contribution in [2.75, 3.05) is 19.5 Å². The van der Waals surface area contributed by atoms with Crippen LogP contribution < -0.4 is 4.74 Å². The molecule has 0 unspecified atom stereocenters. The number of thioether (sulfide) groups is 1. The molecule has 164 valence electrons. The molecular weight excluding hydrogens is 427 g/mol. The summed E-state index contributed by atoms with van der Waals surface area (Å²) in [5, 5.41) is 0.569.